The molecule has 136 valence electrons. The van der Waals surface area contributed by atoms with Crippen molar-refractivity contribution in [1.29, 1.82) is 0 Å². The Kier molecular flexibility index (Phi) is 5.56. The fourth-order valence-corrected chi connectivity index (χ4v) is 2.34. The van der Waals surface area contributed by atoms with Crippen molar-refractivity contribution in [3.8, 4) is 11.5 Å². The first-order valence-electron chi connectivity index (χ1n) is 8.02. The topological polar surface area (TPSA) is 52.6 Å². The second kappa shape index (κ2) is 8.23. The molecular formula is C21H14F2O4. The standard InChI is InChI=1S/C21H14F2O4/c22-14-10-11-18(23)17(12-14)19(24)13-26-21(25)16-8-4-5-9-20(16)27-15-6-2-1-3-7-15/h1-12H,13H2. The summed E-state index contributed by atoms with van der Waals surface area (Å²) < 4.78 is 37.4. The van der Waals surface area contributed by atoms with Crippen LogP contribution < -0.4 is 4.74 Å². The van der Waals surface area contributed by atoms with Gasteiger partial charge in [-0.05, 0) is 42.5 Å². The fourth-order valence-electron chi connectivity index (χ4n) is 2.34. The number of para-hydroxylation sites is 2. The number of benzene rings is 3. The zero-order valence-corrected chi connectivity index (χ0v) is 14.0. The van der Waals surface area contributed by atoms with Crippen LogP contribution in [0, 0.1) is 11.6 Å². The van der Waals surface area contributed by atoms with Gasteiger partial charge in [0, 0.05) is 0 Å². The van der Waals surface area contributed by atoms with Crippen LogP contribution in [-0.4, -0.2) is 18.4 Å². The van der Waals surface area contributed by atoms with E-state index in [1.54, 1.807) is 42.5 Å². The number of halogens is 2. The van der Waals surface area contributed by atoms with E-state index in [0.717, 1.165) is 18.2 Å². The fraction of sp³-hybridized carbons (Fsp3) is 0.0476. The highest BCUT2D eigenvalue weighted by Crippen LogP contribution is 2.25. The normalized spacial score (nSPS) is 10.3. The van der Waals surface area contributed by atoms with Gasteiger partial charge in [-0.25, -0.2) is 13.6 Å². The summed E-state index contributed by atoms with van der Waals surface area (Å²) >= 11 is 0. The summed E-state index contributed by atoms with van der Waals surface area (Å²) in [6.07, 6.45) is 0. The van der Waals surface area contributed by atoms with Gasteiger partial charge in [0.05, 0.1) is 5.56 Å². The molecule has 0 saturated heterocycles. The Morgan fingerprint density at radius 3 is 2.30 bits per heavy atom. The van der Waals surface area contributed by atoms with E-state index in [1.807, 2.05) is 6.07 Å². The van der Waals surface area contributed by atoms with E-state index in [-0.39, 0.29) is 11.3 Å². The highest BCUT2D eigenvalue weighted by atomic mass is 19.1. The molecule has 0 fully saturated rings. The lowest BCUT2D eigenvalue weighted by Crippen LogP contribution is -2.16. The molecule has 3 aromatic carbocycles. The average Bonchev–Trinajstić information content (AvgIpc) is 2.69. The van der Waals surface area contributed by atoms with Crippen LogP contribution in [0.1, 0.15) is 20.7 Å². The lowest BCUT2D eigenvalue weighted by molar-refractivity contribution is 0.0471. The van der Waals surface area contributed by atoms with Crippen molar-refractivity contribution in [2.24, 2.45) is 0 Å². The van der Waals surface area contributed by atoms with Gasteiger partial charge in [0.2, 0.25) is 5.78 Å². The van der Waals surface area contributed by atoms with Gasteiger partial charge in [0.25, 0.3) is 0 Å². The number of ether oxygens (including phenoxy) is 2. The number of hydrogen-bond donors (Lipinski definition) is 0. The molecule has 3 aromatic rings. The summed E-state index contributed by atoms with van der Waals surface area (Å²) in [6, 6.07) is 17.7. The number of carbonyl (C=O) groups excluding carboxylic acids is 2. The first-order chi connectivity index (χ1) is 13.0. The Morgan fingerprint density at radius 1 is 0.815 bits per heavy atom. The van der Waals surface area contributed by atoms with E-state index in [1.165, 1.54) is 6.07 Å². The summed E-state index contributed by atoms with van der Waals surface area (Å²) in [5, 5.41) is 0. The van der Waals surface area contributed by atoms with Crippen molar-refractivity contribution in [2.45, 2.75) is 0 Å². The lowest BCUT2D eigenvalue weighted by Gasteiger charge is -2.11. The Hall–Kier alpha value is -3.54. The molecule has 0 aromatic heterocycles. The minimum Gasteiger partial charge on any atom is -0.456 e. The summed E-state index contributed by atoms with van der Waals surface area (Å²) in [6.45, 7) is -0.723. The van der Waals surface area contributed by atoms with Crippen molar-refractivity contribution >= 4 is 11.8 Å². The number of Topliss-reactive ketones (excluding diaryl/α,β-unsaturated/α-hetero) is 1. The maximum Gasteiger partial charge on any atom is 0.342 e. The summed E-state index contributed by atoms with van der Waals surface area (Å²) in [5.74, 6) is -2.53. The molecular weight excluding hydrogens is 354 g/mol. The van der Waals surface area contributed by atoms with Crippen molar-refractivity contribution < 1.29 is 27.8 Å². The monoisotopic (exact) mass is 368 g/mol. The molecule has 0 heterocycles. The van der Waals surface area contributed by atoms with E-state index < -0.39 is 35.6 Å². The third-order valence-electron chi connectivity index (χ3n) is 3.64. The minimum absolute atomic E-state index is 0.105. The van der Waals surface area contributed by atoms with Crippen molar-refractivity contribution in [3.05, 3.63) is 95.6 Å². The third-order valence-corrected chi connectivity index (χ3v) is 3.64. The molecule has 0 saturated carbocycles. The van der Waals surface area contributed by atoms with Crippen LogP contribution in [0.5, 0.6) is 11.5 Å². The highest BCUT2D eigenvalue weighted by molar-refractivity contribution is 6.00. The molecule has 0 bridgehead atoms. The van der Waals surface area contributed by atoms with Gasteiger partial charge in [-0.15, -0.1) is 0 Å². The molecule has 0 amide bonds. The predicted molar refractivity (Wildman–Crippen MR) is 93.9 cm³/mol. The highest BCUT2D eigenvalue weighted by Gasteiger charge is 2.18. The predicted octanol–water partition coefficient (Wildman–Crippen LogP) is 4.80. The van der Waals surface area contributed by atoms with Crippen LogP contribution >= 0.6 is 0 Å². The zero-order chi connectivity index (χ0) is 19.2. The number of hydrogen-bond acceptors (Lipinski definition) is 4. The molecule has 0 aliphatic heterocycles. The smallest absolute Gasteiger partial charge is 0.342 e. The van der Waals surface area contributed by atoms with E-state index in [0.29, 0.717) is 5.75 Å². The van der Waals surface area contributed by atoms with Crippen LogP contribution in [-0.2, 0) is 4.74 Å². The van der Waals surface area contributed by atoms with Crippen LogP contribution in [0.2, 0.25) is 0 Å². The van der Waals surface area contributed by atoms with Crippen LogP contribution in [0.25, 0.3) is 0 Å². The second-order valence-electron chi connectivity index (χ2n) is 5.53. The van der Waals surface area contributed by atoms with Gasteiger partial charge >= 0.3 is 5.97 Å². The molecule has 4 nitrogen and oxygen atoms in total. The van der Waals surface area contributed by atoms with Gasteiger partial charge < -0.3 is 9.47 Å². The molecule has 3 rings (SSSR count). The molecule has 27 heavy (non-hydrogen) atoms. The number of rotatable bonds is 6. The number of carbonyl (C=O) groups is 2. The van der Waals surface area contributed by atoms with Crippen molar-refractivity contribution in [1.82, 2.24) is 0 Å². The van der Waals surface area contributed by atoms with E-state index in [9.17, 15) is 18.4 Å². The van der Waals surface area contributed by atoms with Gasteiger partial charge in [0.15, 0.2) is 6.61 Å². The molecule has 0 radical (unpaired) electrons. The van der Waals surface area contributed by atoms with Crippen LogP contribution in [0.15, 0.2) is 72.8 Å². The number of ketones is 1. The summed E-state index contributed by atoms with van der Waals surface area (Å²) in [4.78, 5) is 24.3. The maximum absolute atomic E-state index is 13.6. The van der Waals surface area contributed by atoms with Gasteiger partial charge in [-0.1, -0.05) is 30.3 Å². The largest absolute Gasteiger partial charge is 0.456 e. The van der Waals surface area contributed by atoms with Crippen molar-refractivity contribution in [3.63, 3.8) is 0 Å². The Labute approximate surface area is 154 Å². The van der Waals surface area contributed by atoms with E-state index in [2.05, 4.69) is 0 Å². The Morgan fingerprint density at radius 2 is 1.52 bits per heavy atom. The summed E-state index contributed by atoms with van der Waals surface area (Å²) in [5.41, 5.74) is -0.370. The molecule has 0 unspecified atom stereocenters. The van der Waals surface area contributed by atoms with Crippen LogP contribution in [0.4, 0.5) is 8.78 Å². The molecule has 0 N–H and O–H groups in total. The van der Waals surface area contributed by atoms with Gasteiger partial charge in [0.1, 0.15) is 28.7 Å². The van der Waals surface area contributed by atoms with Crippen LogP contribution in [0.3, 0.4) is 0 Å². The first kappa shape index (κ1) is 18.3. The maximum atomic E-state index is 13.6. The Bertz CT molecular complexity index is 971. The molecule has 0 aliphatic rings. The number of esters is 1. The lowest BCUT2D eigenvalue weighted by atomic mass is 10.1. The van der Waals surface area contributed by atoms with E-state index in [4.69, 9.17) is 9.47 Å². The quantitative estimate of drug-likeness (QED) is 0.463. The molecule has 0 spiro atoms. The second-order valence-corrected chi connectivity index (χ2v) is 5.53. The summed E-state index contributed by atoms with van der Waals surface area (Å²) in [7, 11) is 0. The third kappa shape index (κ3) is 4.55. The van der Waals surface area contributed by atoms with Gasteiger partial charge in [-0.2, -0.15) is 0 Å². The molecule has 0 aliphatic carbocycles. The molecule has 6 heteroatoms. The van der Waals surface area contributed by atoms with E-state index >= 15 is 0 Å². The molecule has 0 atom stereocenters. The Balaban J connectivity index is 1.71. The average molecular weight is 368 g/mol. The zero-order valence-electron chi connectivity index (χ0n) is 14.0. The first-order valence-corrected chi connectivity index (χ1v) is 8.02. The van der Waals surface area contributed by atoms with Gasteiger partial charge in [-0.3, -0.25) is 4.79 Å². The van der Waals surface area contributed by atoms with Crippen molar-refractivity contribution in [2.75, 3.05) is 6.61 Å². The minimum atomic E-state index is -0.884. The SMILES string of the molecule is O=C(COC(=O)c1ccccc1Oc1ccccc1)c1cc(F)ccc1F.